The zero-order chi connectivity index (χ0) is 12.7. The fraction of sp³-hybridized carbons (Fsp3) is 1.00. The third-order valence-corrected chi connectivity index (χ3v) is 3.66. The van der Waals surface area contributed by atoms with Crippen molar-refractivity contribution in [1.82, 2.24) is 4.90 Å². The number of epoxide rings is 1. The highest BCUT2D eigenvalue weighted by Crippen LogP contribution is 2.30. The Bertz CT molecular complexity index is 195. The lowest BCUT2D eigenvalue weighted by Gasteiger charge is -2.15. The first kappa shape index (κ1) is 14.9. The molecule has 0 spiro atoms. The van der Waals surface area contributed by atoms with Crippen molar-refractivity contribution >= 4 is 0 Å². The lowest BCUT2D eigenvalue weighted by molar-refractivity contribution is 0.123. The Labute approximate surface area is 106 Å². The van der Waals surface area contributed by atoms with E-state index >= 15 is 0 Å². The summed E-state index contributed by atoms with van der Waals surface area (Å²) in [5.74, 6) is 0. The Kier molecular flexibility index (Phi) is 7.09. The maximum absolute atomic E-state index is 10.0. The standard InChI is InChI=1S/C14H29NO2/c1-4-7-8-9-10-11-12(16)13-14(17-13)15(5-2)6-3/h12-14,16H,4-11H2,1-3H3. The van der Waals surface area contributed by atoms with E-state index in [4.69, 9.17) is 4.74 Å². The van der Waals surface area contributed by atoms with Gasteiger partial charge in [-0.05, 0) is 19.5 Å². The summed E-state index contributed by atoms with van der Waals surface area (Å²) in [7, 11) is 0. The summed E-state index contributed by atoms with van der Waals surface area (Å²) in [5, 5.41) is 10.0. The third kappa shape index (κ3) is 4.94. The van der Waals surface area contributed by atoms with E-state index in [9.17, 15) is 5.11 Å². The number of nitrogens with zero attached hydrogens (tertiary/aromatic N) is 1. The molecule has 1 heterocycles. The lowest BCUT2D eigenvalue weighted by Crippen LogP contribution is -2.31. The molecule has 0 radical (unpaired) electrons. The summed E-state index contributed by atoms with van der Waals surface area (Å²) < 4.78 is 5.58. The molecule has 0 bridgehead atoms. The van der Waals surface area contributed by atoms with Crippen LogP contribution in [0, 0.1) is 0 Å². The van der Waals surface area contributed by atoms with Crippen LogP contribution < -0.4 is 0 Å². The molecule has 1 aliphatic heterocycles. The van der Waals surface area contributed by atoms with Crippen LogP contribution in [0.1, 0.15) is 59.3 Å². The molecule has 0 aromatic carbocycles. The van der Waals surface area contributed by atoms with Gasteiger partial charge in [0.25, 0.3) is 0 Å². The molecule has 1 saturated heterocycles. The predicted octanol–water partition coefficient (Wildman–Crippen LogP) is 2.77. The molecule has 1 N–H and O–H groups in total. The van der Waals surface area contributed by atoms with E-state index in [0.717, 1.165) is 25.9 Å². The SMILES string of the molecule is CCCCCCCC(O)C1OC1N(CC)CC. The second-order valence-electron chi connectivity index (χ2n) is 4.98. The fourth-order valence-corrected chi connectivity index (χ4v) is 2.40. The van der Waals surface area contributed by atoms with Gasteiger partial charge in [0.2, 0.25) is 0 Å². The van der Waals surface area contributed by atoms with Crippen LogP contribution in [0.15, 0.2) is 0 Å². The van der Waals surface area contributed by atoms with Crippen molar-refractivity contribution in [2.45, 2.75) is 77.7 Å². The molecule has 3 atom stereocenters. The van der Waals surface area contributed by atoms with Gasteiger partial charge in [-0.25, -0.2) is 0 Å². The van der Waals surface area contributed by atoms with E-state index in [0.29, 0.717) is 0 Å². The molecular weight excluding hydrogens is 214 g/mol. The van der Waals surface area contributed by atoms with E-state index in [1.165, 1.54) is 25.7 Å². The van der Waals surface area contributed by atoms with Gasteiger partial charge < -0.3 is 9.84 Å². The molecule has 1 aliphatic rings. The van der Waals surface area contributed by atoms with Crippen molar-refractivity contribution in [1.29, 1.82) is 0 Å². The molecule has 0 aromatic rings. The van der Waals surface area contributed by atoms with Gasteiger partial charge in [-0.2, -0.15) is 0 Å². The number of hydrogen-bond acceptors (Lipinski definition) is 3. The van der Waals surface area contributed by atoms with Crippen LogP contribution in [0.4, 0.5) is 0 Å². The number of likely N-dealkylation sites (N-methyl/N-ethyl adjacent to an activating group) is 1. The smallest absolute Gasteiger partial charge is 0.140 e. The summed E-state index contributed by atoms with van der Waals surface area (Å²) in [5.41, 5.74) is 0. The quantitative estimate of drug-likeness (QED) is 0.473. The highest BCUT2D eigenvalue weighted by Gasteiger charge is 2.46. The molecule has 0 aromatic heterocycles. The van der Waals surface area contributed by atoms with Crippen LogP contribution in [-0.4, -0.2) is 41.5 Å². The number of rotatable bonds is 10. The third-order valence-electron chi connectivity index (χ3n) is 3.66. The summed E-state index contributed by atoms with van der Waals surface area (Å²) >= 11 is 0. The largest absolute Gasteiger partial charge is 0.390 e. The van der Waals surface area contributed by atoms with Gasteiger partial charge in [0, 0.05) is 0 Å². The monoisotopic (exact) mass is 243 g/mol. The summed E-state index contributed by atoms with van der Waals surface area (Å²) in [4.78, 5) is 2.27. The van der Waals surface area contributed by atoms with Crippen LogP contribution in [0.3, 0.4) is 0 Å². The second kappa shape index (κ2) is 8.06. The van der Waals surface area contributed by atoms with Crippen molar-refractivity contribution in [2.24, 2.45) is 0 Å². The second-order valence-corrected chi connectivity index (χ2v) is 4.98. The number of hydrogen-bond donors (Lipinski definition) is 1. The number of unbranched alkanes of at least 4 members (excludes halogenated alkanes) is 4. The van der Waals surface area contributed by atoms with Crippen molar-refractivity contribution < 1.29 is 9.84 Å². The van der Waals surface area contributed by atoms with E-state index in [-0.39, 0.29) is 18.4 Å². The number of aliphatic hydroxyl groups is 1. The Hall–Kier alpha value is -0.120. The normalized spacial score (nSPS) is 25.2. The summed E-state index contributed by atoms with van der Waals surface area (Å²) in [6.45, 7) is 8.50. The first-order chi connectivity index (χ1) is 8.24. The summed E-state index contributed by atoms with van der Waals surface area (Å²) in [6.07, 6.45) is 7.15. The van der Waals surface area contributed by atoms with Crippen LogP contribution in [0.25, 0.3) is 0 Å². The van der Waals surface area contributed by atoms with E-state index < -0.39 is 0 Å². The molecule has 17 heavy (non-hydrogen) atoms. The van der Waals surface area contributed by atoms with E-state index in [1.807, 2.05) is 0 Å². The first-order valence-corrected chi connectivity index (χ1v) is 7.32. The maximum atomic E-state index is 10.0. The molecule has 3 heteroatoms. The molecule has 0 saturated carbocycles. The zero-order valence-corrected chi connectivity index (χ0v) is 11.7. The average Bonchev–Trinajstić information content (AvgIpc) is 3.11. The molecule has 3 nitrogen and oxygen atoms in total. The zero-order valence-electron chi connectivity index (χ0n) is 11.7. The van der Waals surface area contributed by atoms with Gasteiger partial charge in [0.15, 0.2) is 0 Å². The maximum Gasteiger partial charge on any atom is 0.140 e. The predicted molar refractivity (Wildman–Crippen MR) is 71.0 cm³/mol. The molecule has 1 fully saturated rings. The average molecular weight is 243 g/mol. The Morgan fingerprint density at radius 2 is 1.71 bits per heavy atom. The van der Waals surface area contributed by atoms with Crippen molar-refractivity contribution in [3.63, 3.8) is 0 Å². The van der Waals surface area contributed by atoms with Crippen LogP contribution in [-0.2, 0) is 4.74 Å². The van der Waals surface area contributed by atoms with Gasteiger partial charge in [-0.1, -0.05) is 52.9 Å². The molecule has 3 unspecified atom stereocenters. The van der Waals surface area contributed by atoms with Crippen LogP contribution in [0.5, 0.6) is 0 Å². The molecule has 0 aliphatic carbocycles. The van der Waals surface area contributed by atoms with Crippen molar-refractivity contribution in [3.8, 4) is 0 Å². The summed E-state index contributed by atoms with van der Waals surface area (Å²) in [6, 6.07) is 0. The van der Waals surface area contributed by atoms with Gasteiger partial charge in [0.1, 0.15) is 12.3 Å². The number of aliphatic hydroxyl groups excluding tert-OH is 1. The van der Waals surface area contributed by atoms with E-state index in [2.05, 4.69) is 25.7 Å². The first-order valence-electron chi connectivity index (χ1n) is 7.32. The highest BCUT2D eigenvalue weighted by molar-refractivity contribution is 4.90. The lowest BCUT2D eigenvalue weighted by atomic mass is 10.1. The minimum atomic E-state index is -0.262. The molecular formula is C14H29NO2. The van der Waals surface area contributed by atoms with Gasteiger partial charge >= 0.3 is 0 Å². The van der Waals surface area contributed by atoms with Crippen LogP contribution in [0.2, 0.25) is 0 Å². The fourth-order valence-electron chi connectivity index (χ4n) is 2.40. The molecule has 0 amide bonds. The Morgan fingerprint density at radius 1 is 1.06 bits per heavy atom. The topological polar surface area (TPSA) is 36.0 Å². The van der Waals surface area contributed by atoms with Gasteiger partial charge in [-0.3, -0.25) is 4.90 Å². The van der Waals surface area contributed by atoms with Crippen molar-refractivity contribution in [2.75, 3.05) is 13.1 Å². The molecule has 102 valence electrons. The minimum Gasteiger partial charge on any atom is -0.390 e. The van der Waals surface area contributed by atoms with Crippen LogP contribution >= 0.6 is 0 Å². The Morgan fingerprint density at radius 3 is 2.29 bits per heavy atom. The molecule has 1 rings (SSSR count). The van der Waals surface area contributed by atoms with Gasteiger partial charge in [0.05, 0.1) is 6.10 Å². The minimum absolute atomic E-state index is 0.0704. The number of ether oxygens (including phenoxy) is 1. The van der Waals surface area contributed by atoms with Gasteiger partial charge in [-0.15, -0.1) is 0 Å². The van der Waals surface area contributed by atoms with E-state index in [1.54, 1.807) is 0 Å². The highest BCUT2D eigenvalue weighted by atomic mass is 16.6. The Balaban J connectivity index is 2.07. The van der Waals surface area contributed by atoms with Crippen molar-refractivity contribution in [3.05, 3.63) is 0 Å².